The number of halogens is 1. The van der Waals surface area contributed by atoms with E-state index in [4.69, 9.17) is 0 Å². The Labute approximate surface area is 185 Å². The summed E-state index contributed by atoms with van der Waals surface area (Å²) in [5.74, 6) is 2.15. The van der Waals surface area contributed by atoms with Crippen molar-refractivity contribution in [3.8, 4) is 0 Å². The molecular weight excluding hydrogens is 471 g/mol. The van der Waals surface area contributed by atoms with E-state index in [9.17, 15) is 4.79 Å². The third-order valence-corrected chi connectivity index (χ3v) is 6.41. The molecule has 0 radical (unpaired) electrons. The number of carbonyl (C=O) groups is 1. The maximum absolute atomic E-state index is 12.1. The summed E-state index contributed by atoms with van der Waals surface area (Å²) >= 11 is 2.04. The van der Waals surface area contributed by atoms with Gasteiger partial charge in [0.2, 0.25) is 5.91 Å². The quantitative estimate of drug-likeness (QED) is 0.295. The molecule has 27 heavy (non-hydrogen) atoms. The van der Waals surface area contributed by atoms with E-state index >= 15 is 0 Å². The smallest absolute Gasteiger partial charge is 0.227 e. The number of guanidine groups is 1. The molecule has 1 aromatic rings. The first-order chi connectivity index (χ1) is 12.5. The molecule has 0 saturated carbocycles. The van der Waals surface area contributed by atoms with Crippen LogP contribution in [0.1, 0.15) is 45.6 Å². The zero-order valence-corrected chi connectivity index (χ0v) is 19.9. The van der Waals surface area contributed by atoms with Gasteiger partial charge in [-0.2, -0.15) is 11.8 Å². The van der Waals surface area contributed by atoms with Gasteiger partial charge in [-0.3, -0.25) is 9.79 Å². The fourth-order valence-electron chi connectivity index (χ4n) is 2.86. The zero-order chi connectivity index (χ0) is 19.0. The van der Waals surface area contributed by atoms with Crippen molar-refractivity contribution >= 4 is 53.3 Å². The maximum Gasteiger partial charge on any atom is 0.227 e. The molecule has 0 spiro atoms. The molecule has 0 aliphatic carbocycles. The van der Waals surface area contributed by atoms with Crippen LogP contribution in [0, 0.1) is 5.92 Å². The van der Waals surface area contributed by atoms with Crippen molar-refractivity contribution in [2.75, 3.05) is 24.7 Å². The summed E-state index contributed by atoms with van der Waals surface area (Å²) in [6.45, 7) is 7.86. The Bertz CT molecular complexity index is 632. The second-order valence-corrected chi connectivity index (χ2v) is 8.86. The lowest BCUT2D eigenvalue weighted by atomic mass is 10.1. The minimum atomic E-state index is 0. The van der Waals surface area contributed by atoms with Crippen LogP contribution in [0.4, 0.5) is 5.69 Å². The highest BCUT2D eigenvalue weighted by Crippen LogP contribution is 2.36. The molecule has 1 aliphatic heterocycles. The highest BCUT2D eigenvalue weighted by Gasteiger charge is 2.29. The fraction of sp³-hybridized carbons (Fsp3) is 0.600. The zero-order valence-electron chi connectivity index (χ0n) is 16.8. The molecular formula is C20H33IN4OS. The summed E-state index contributed by atoms with van der Waals surface area (Å²) in [5, 5.41) is 9.78. The van der Waals surface area contributed by atoms with Gasteiger partial charge in [-0.1, -0.05) is 26.0 Å². The van der Waals surface area contributed by atoms with E-state index in [1.54, 1.807) is 7.05 Å². The van der Waals surface area contributed by atoms with Crippen molar-refractivity contribution in [1.29, 1.82) is 0 Å². The van der Waals surface area contributed by atoms with Gasteiger partial charge in [-0.25, -0.2) is 0 Å². The van der Waals surface area contributed by atoms with Crippen molar-refractivity contribution < 1.29 is 4.79 Å². The Morgan fingerprint density at radius 2 is 2.15 bits per heavy atom. The van der Waals surface area contributed by atoms with E-state index in [2.05, 4.69) is 27.9 Å². The molecule has 1 fully saturated rings. The molecule has 1 amide bonds. The number of rotatable bonds is 7. The Morgan fingerprint density at radius 1 is 1.37 bits per heavy atom. The van der Waals surface area contributed by atoms with Gasteiger partial charge >= 0.3 is 0 Å². The number of hydrogen-bond donors (Lipinski definition) is 3. The Kier molecular flexibility index (Phi) is 10.5. The molecule has 1 saturated heterocycles. The summed E-state index contributed by atoms with van der Waals surface area (Å²) in [6.07, 6.45) is 3.38. The number of nitrogens with zero attached hydrogens (tertiary/aromatic N) is 1. The average molecular weight is 504 g/mol. The van der Waals surface area contributed by atoms with Gasteiger partial charge in [-0.05, 0) is 49.6 Å². The average Bonchev–Trinajstić information content (AvgIpc) is 3.08. The van der Waals surface area contributed by atoms with Gasteiger partial charge in [-0.15, -0.1) is 24.0 Å². The Morgan fingerprint density at radius 3 is 2.78 bits per heavy atom. The minimum absolute atomic E-state index is 0. The van der Waals surface area contributed by atoms with E-state index in [0.29, 0.717) is 11.3 Å². The number of aliphatic imine (C=N–C) groups is 1. The van der Waals surface area contributed by atoms with Crippen LogP contribution in [-0.2, 0) is 11.3 Å². The first-order valence-electron chi connectivity index (χ1n) is 9.44. The van der Waals surface area contributed by atoms with Crippen LogP contribution in [-0.4, -0.2) is 36.0 Å². The van der Waals surface area contributed by atoms with Crippen molar-refractivity contribution in [2.45, 2.75) is 51.3 Å². The first kappa shape index (κ1) is 24.1. The van der Waals surface area contributed by atoms with E-state index in [-0.39, 0.29) is 35.8 Å². The van der Waals surface area contributed by atoms with Gasteiger partial charge in [0.25, 0.3) is 0 Å². The van der Waals surface area contributed by atoms with Crippen LogP contribution in [0.5, 0.6) is 0 Å². The molecule has 5 nitrogen and oxygen atoms in total. The fourth-order valence-corrected chi connectivity index (χ4v) is 4.11. The van der Waals surface area contributed by atoms with Gasteiger partial charge in [0.1, 0.15) is 0 Å². The highest BCUT2D eigenvalue weighted by atomic mass is 127. The standard InChI is InChI=1S/C20H32N4OS.HI/c1-5-15(2)18(25)24-17-9-6-8-16(12-17)13-22-19(21-4)23-14-20(3)10-7-11-26-20;/h6,8-9,12,15H,5,7,10-11,13-14H2,1-4H3,(H,24,25)(H2,21,22,23);1H. The van der Waals surface area contributed by atoms with Gasteiger partial charge in [0, 0.05) is 36.5 Å². The lowest BCUT2D eigenvalue weighted by Gasteiger charge is -2.24. The molecule has 2 atom stereocenters. The summed E-state index contributed by atoms with van der Waals surface area (Å²) < 4.78 is 0.303. The second kappa shape index (κ2) is 11.8. The molecule has 0 aromatic heterocycles. The largest absolute Gasteiger partial charge is 0.355 e. The second-order valence-electron chi connectivity index (χ2n) is 7.18. The van der Waals surface area contributed by atoms with Crippen LogP contribution >= 0.6 is 35.7 Å². The number of nitrogens with one attached hydrogen (secondary N) is 3. The van der Waals surface area contributed by atoms with Gasteiger partial charge < -0.3 is 16.0 Å². The lowest BCUT2D eigenvalue weighted by Crippen LogP contribution is -2.43. The number of carbonyl (C=O) groups excluding carboxylic acids is 1. The first-order valence-corrected chi connectivity index (χ1v) is 10.4. The van der Waals surface area contributed by atoms with E-state index in [0.717, 1.165) is 30.2 Å². The third-order valence-electron chi connectivity index (χ3n) is 4.87. The summed E-state index contributed by atoms with van der Waals surface area (Å²) in [7, 11) is 1.79. The minimum Gasteiger partial charge on any atom is -0.355 e. The third kappa shape index (κ3) is 7.89. The number of benzene rings is 1. The highest BCUT2D eigenvalue weighted by molar-refractivity contribution is 14.0. The van der Waals surface area contributed by atoms with E-state index in [1.807, 2.05) is 49.9 Å². The Hall–Kier alpha value is -0.960. The molecule has 1 aliphatic rings. The van der Waals surface area contributed by atoms with Crippen LogP contribution in [0.15, 0.2) is 29.3 Å². The SMILES string of the molecule is CCC(C)C(=O)Nc1cccc(CNC(=NC)NCC2(C)CCCS2)c1.I. The van der Waals surface area contributed by atoms with E-state index in [1.165, 1.54) is 18.6 Å². The van der Waals surface area contributed by atoms with Gasteiger partial charge in [0.15, 0.2) is 5.96 Å². The van der Waals surface area contributed by atoms with E-state index < -0.39 is 0 Å². The topological polar surface area (TPSA) is 65.5 Å². The molecule has 2 unspecified atom stereocenters. The molecule has 0 bridgehead atoms. The van der Waals surface area contributed by atoms with Crippen LogP contribution in [0.3, 0.4) is 0 Å². The predicted molar refractivity (Wildman–Crippen MR) is 128 cm³/mol. The monoisotopic (exact) mass is 504 g/mol. The molecule has 2 rings (SSSR count). The van der Waals surface area contributed by atoms with Crippen LogP contribution in [0.2, 0.25) is 0 Å². The normalized spacial score (nSPS) is 20.5. The predicted octanol–water partition coefficient (Wildman–Crippen LogP) is 4.24. The molecule has 152 valence electrons. The van der Waals surface area contributed by atoms with Crippen molar-refractivity contribution in [3.05, 3.63) is 29.8 Å². The molecule has 7 heteroatoms. The number of anilines is 1. The van der Waals surface area contributed by atoms with Crippen molar-refractivity contribution in [2.24, 2.45) is 10.9 Å². The lowest BCUT2D eigenvalue weighted by molar-refractivity contribution is -0.119. The number of hydrogen-bond acceptors (Lipinski definition) is 3. The van der Waals surface area contributed by atoms with Gasteiger partial charge in [0.05, 0.1) is 0 Å². The summed E-state index contributed by atoms with van der Waals surface area (Å²) in [5.41, 5.74) is 1.95. The van der Waals surface area contributed by atoms with Crippen LogP contribution < -0.4 is 16.0 Å². The number of amides is 1. The number of thioether (sulfide) groups is 1. The Balaban J connectivity index is 0.00000364. The summed E-state index contributed by atoms with van der Waals surface area (Å²) in [6, 6.07) is 7.95. The van der Waals surface area contributed by atoms with Crippen molar-refractivity contribution in [3.63, 3.8) is 0 Å². The molecule has 3 N–H and O–H groups in total. The summed E-state index contributed by atoms with van der Waals surface area (Å²) in [4.78, 5) is 16.4. The van der Waals surface area contributed by atoms with Crippen molar-refractivity contribution in [1.82, 2.24) is 10.6 Å². The van der Waals surface area contributed by atoms with Crippen LogP contribution in [0.25, 0.3) is 0 Å². The maximum atomic E-state index is 12.1. The molecule has 1 heterocycles. The molecule has 1 aromatic carbocycles.